The molecule has 0 unspecified atom stereocenters. The SMILES string of the molecule is Nc1cn(Cc2sccc2Cl)cn1. The summed E-state index contributed by atoms with van der Waals surface area (Å²) in [5.74, 6) is 0.535. The molecule has 0 aliphatic heterocycles. The Morgan fingerprint density at radius 3 is 3.00 bits per heavy atom. The van der Waals surface area contributed by atoms with Crippen LogP contribution in [0.15, 0.2) is 24.0 Å². The molecule has 2 heterocycles. The molecule has 0 fully saturated rings. The summed E-state index contributed by atoms with van der Waals surface area (Å²) in [4.78, 5) is 5.05. The Morgan fingerprint density at radius 1 is 1.62 bits per heavy atom. The van der Waals surface area contributed by atoms with Crippen molar-refractivity contribution in [2.24, 2.45) is 0 Å². The highest BCUT2D eigenvalue weighted by atomic mass is 35.5. The van der Waals surface area contributed by atoms with E-state index in [4.69, 9.17) is 17.3 Å². The summed E-state index contributed by atoms with van der Waals surface area (Å²) in [5, 5.41) is 2.77. The Morgan fingerprint density at radius 2 is 2.46 bits per heavy atom. The third-order valence-electron chi connectivity index (χ3n) is 1.67. The molecule has 0 bridgehead atoms. The van der Waals surface area contributed by atoms with Crippen molar-refractivity contribution in [1.82, 2.24) is 9.55 Å². The third kappa shape index (κ3) is 1.84. The summed E-state index contributed by atoms with van der Waals surface area (Å²) in [6.45, 7) is 0.737. The number of hydrogen-bond donors (Lipinski definition) is 1. The number of hydrogen-bond acceptors (Lipinski definition) is 3. The zero-order chi connectivity index (χ0) is 9.26. The molecule has 0 atom stereocenters. The molecule has 5 heteroatoms. The van der Waals surface area contributed by atoms with Gasteiger partial charge in [0.25, 0.3) is 0 Å². The first-order chi connectivity index (χ1) is 6.25. The number of nitrogen functional groups attached to an aromatic ring is 1. The van der Waals surface area contributed by atoms with Gasteiger partial charge in [-0.05, 0) is 11.4 Å². The summed E-state index contributed by atoms with van der Waals surface area (Å²) in [6, 6.07) is 1.89. The van der Waals surface area contributed by atoms with Gasteiger partial charge < -0.3 is 10.3 Å². The van der Waals surface area contributed by atoms with E-state index in [1.54, 1.807) is 23.9 Å². The highest BCUT2D eigenvalue weighted by Gasteiger charge is 2.02. The van der Waals surface area contributed by atoms with Crippen molar-refractivity contribution >= 4 is 28.8 Å². The Hall–Kier alpha value is -1.00. The summed E-state index contributed by atoms with van der Waals surface area (Å²) in [7, 11) is 0. The molecule has 2 aromatic rings. The van der Waals surface area contributed by atoms with Crippen molar-refractivity contribution < 1.29 is 0 Å². The van der Waals surface area contributed by atoms with Crippen LogP contribution in [0, 0.1) is 0 Å². The van der Waals surface area contributed by atoms with E-state index in [9.17, 15) is 0 Å². The molecular formula is C8H8ClN3S. The maximum atomic E-state index is 5.94. The molecule has 0 aliphatic carbocycles. The van der Waals surface area contributed by atoms with E-state index < -0.39 is 0 Å². The molecule has 0 aliphatic rings. The van der Waals surface area contributed by atoms with Crippen LogP contribution in [-0.2, 0) is 6.54 Å². The number of nitrogens with zero attached hydrogens (tertiary/aromatic N) is 2. The maximum Gasteiger partial charge on any atom is 0.141 e. The van der Waals surface area contributed by atoms with E-state index in [2.05, 4.69) is 4.98 Å². The van der Waals surface area contributed by atoms with Crippen molar-refractivity contribution in [1.29, 1.82) is 0 Å². The summed E-state index contributed by atoms with van der Waals surface area (Å²) in [6.07, 6.45) is 3.49. The van der Waals surface area contributed by atoms with Gasteiger partial charge in [-0.2, -0.15) is 0 Å². The van der Waals surface area contributed by atoms with Crippen molar-refractivity contribution in [2.75, 3.05) is 5.73 Å². The lowest BCUT2D eigenvalue weighted by molar-refractivity contribution is 0.810. The predicted octanol–water partition coefficient (Wildman–Crippen LogP) is 2.23. The fraction of sp³-hybridized carbons (Fsp3) is 0.125. The van der Waals surface area contributed by atoms with Gasteiger partial charge >= 0.3 is 0 Å². The van der Waals surface area contributed by atoms with Gasteiger partial charge in [-0.25, -0.2) is 4.98 Å². The smallest absolute Gasteiger partial charge is 0.141 e. The highest BCUT2D eigenvalue weighted by Crippen LogP contribution is 2.22. The first-order valence-corrected chi connectivity index (χ1v) is 5.00. The van der Waals surface area contributed by atoms with Crippen LogP contribution in [0.5, 0.6) is 0 Å². The van der Waals surface area contributed by atoms with Gasteiger partial charge in [0.2, 0.25) is 0 Å². The lowest BCUT2D eigenvalue weighted by atomic mass is 10.4. The fourth-order valence-electron chi connectivity index (χ4n) is 1.07. The molecule has 2 aromatic heterocycles. The van der Waals surface area contributed by atoms with Crippen molar-refractivity contribution in [3.05, 3.63) is 33.9 Å². The number of nitrogens with two attached hydrogens (primary N) is 1. The second kappa shape index (κ2) is 3.40. The van der Waals surface area contributed by atoms with Crippen LogP contribution in [0.4, 0.5) is 5.82 Å². The summed E-state index contributed by atoms with van der Waals surface area (Å²) >= 11 is 7.57. The molecular weight excluding hydrogens is 206 g/mol. The van der Waals surface area contributed by atoms with Gasteiger partial charge in [0.1, 0.15) is 5.82 Å². The molecule has 68 valence electrons. The Labute approximate surface area is 84.8 Å². The average molecular weight is 214 g/mol. The van der Waals surface area contributed by atoms with Crippen LogP contribution in [0.1, 0.15) is 4.88 Å². The van der Waals surface area contributed by atoms with Crippen LogP contribution in [-0.4, -0.2) is 9.55 Å². The van der Waals surface area contributed by atoms with E-state index in [-0.39, 0.29) is 0 Å². The monoisotopic (exact) mass is 213 g/mol. The minimum Gasteiger partial charge on any atom is -0.382 e. The van der Waals surface area contributed by atoms with Crippen LogP contribution in [0.25, 0.3) is 0 Å². The van der Waals surface area contributed by atoms with Gasteiger partial charge in [0.15, 0.2) is 0 Å². The van der Waals surface area contributed by atoms with Crippen molar-refractivity contribution in [3.8, 4) is 0 Å². The second-order valence-electron chi connectivity index (χ2n) is 2.66. The van der Waals surface area contributed by atoms with E-state index in [1.807, 2.05) is 16.0 Å². The van der Waals surface area contributed by atoms with Crippen LogP contribution in [0.3, 0.4) is 0 Å². The molecule has 0 radical (unpaired) electrons. The van der Waals surface area contributed by atoms with Crippen LogP contribution < -0.4 is 5.73 Å². The molecule has 0 saturated heterocycles. The Kier molecular flexibility index (Phi) is 2.24. The standard InChI is InChI=1S/C8H8ClN3S/c9-6-1-2-13-7(6)3-12-4-8(10)11-5-12/h1-2,4-5H,3,10H2. The fourth-order valence-corrected chi connectivity index (χ4v) is 2.17. The van der Waals surface area contributed by atoms with E-state index in [1.165, 1.54) is 0 Å². The third-order valence-corrected chi connectivity index (χ3v) is 3.04. The van der Waals surface area contributed by atoms with Crippen molar-refractivity contribution in [3.63, 3.8) is 0 Å². The van der Waals surface area contributed by atoms with Gasteiger partial charge in [-0.1, -0.05) is 11.6 Å². The van der Waals surface area contributed by atoms with E-state index in [0.29, 0.717) is 5.82 Å². The number of thiophene rings is 1. The summed E-state index contributed by atoms with van der Waals surface area (Å²) in [5.41, 5.74) is 5.48. The molecule has 2 N–H and O–H groups in total. The molecule has 0 spiro atoms. The Bertz CT molecular complexity index is 407. The number of imidazole rings is 1. The summed E-state index contributed by atoms with van der Waals surface area (Å²) < 4.78 is 1.91. The quantitative estimate of drug-likeness (QED) is 0.832. The maximum absolute atomic E-state index is 5.94. The topological polar surface area (TPSA) is 43.8 Å². The van der Waals surface area contributed by atoms with Crippen molar-refractivity contribution in [2.45, 2.75) is 6.54 Å². The molecule has 2 rings (SSSR count). The number of halogens is 1. The highest BCUT2D eigenvalue weighted by molar-refractivity contribution is 7.10. The number of rotatable bonds is 2. The van der Waals surface area contributed by atoms with Crippen LogP contribution >= 0.6 is 22.9 Å². The Balaban J connectivity index is 2.19. The normalized spacial score (nSPS) is 10.5. The predicted molar refractivity (Wildman–Crippen MR) is 55.1 cm³/mol. The van der Waals surface area contributed by atoms with E-state index >= 15 is 0 Å². The van der Waals surface area contributed by atoms with Gasteiger partial charge in [-0.15, -0.1) is 11.3 Å². The molecule has 3 nitrogen and oxygen atoms in total. The molecule has 0 amide bonds. The second-order valence-corrected chi connectivity index (χ2v) is 4.07. The average Bonchev–Trinajstić information content (AvgIpc) is 2.64. The number of anilines is 1. The number of aromatic nitrogens is 2. The van der Waals surface area contributed by atoms with Crippen LogP contribution in [0.2, 0.25) is 5.02 Å². The lowest BCUT2D eigenvalue weighted by Crippen LogP contribution is -1.94. The molecule has 13 heavy (non-hydrogen) atoms. The van der Waals surface area contributed by atoms with Gasteiger partial charge in [0.05, 0.1) is 17.9 Å². The zero-order valence-corrected chi connectivity index (χ0v) is 8.35. The molecule has 0 aromatic carbocycles. The minimum atomic E-state index is 0.535. The first-order valence-electron chi connectivity index (χ1n) is 3.75. The van der Waals surface area contributed by atoms with Gasteiger partial charge in [-0.3, -0.25) is 0 Å². The van der Waals surface area contributed by atoms with Gasteiger partial charge in [0, 0.05) is 11.1 Å². The largest absolute Gasteiger partial charge is 0.382 e. The lowest BCUT2D eigenvalue weighted by Gasteiger charge is -1.98. The van der Waals surface area contributed by atoms with E-state index in [0.717, 1.165) is 16.4 Å². The molecule has 0 saturated carbocycles. The zero-order valence-electron chi connectivity index (χ0n) is 6.77. The minimum absolute atomic E-state index is 0.535. The first kappa shape index (κ1) is 8.59.